The van der Waals surface area contributed by atoms with Crippen LogP contribution in [0, 0.1) is 5.82 Å². The zero-order valence-corrected chi connectivity index (χ0v) is 13.8. The van der Waals surface area contributed by atoms with Crippen LogP contribution in [0.3, 0.4) is 0 Å². The molecule has 1 fully saturated rings. The summed E-state index contributed by atoms with van der Waals surface area (Å²) in [5.74, 6) is -0.353. The molecule has 0 bridgehead atoms. The van der Waals surface area contributed by atoms with Gasteiger partial charge in [0, 0.05) is 25.8 Å². The summed E-state index contributed by atoms with van der Waals surface area (Å²) < 4.78 is 18.9. The summed E-state index contributed by atoms with van der Waals surface area (Å²) in [6.07, 6.45) is 1.16. The van der Waals surface area contributed by atoms with Gasteiger partial charge in [-0.05, 0) is 44.5 Å². The number of amides is 1. The molecule has 0 aliphatic carbocycles. The Kier molecular flexibility index (Phi) is 7.26. The minimum atomic E-state index is -0.687. The van der Waals surface area contributed by atoms with E-state index >= 15 is 0 Å². The second kappa shape index (κ2) is 8.46. The summed E-state index contributed by atoms with van der Waals surface area (Å²) >= 11 is 0. The van der Waals surface area contributed by atoms with Gasteiger partial charge in [-0.25, -0.2) is 4.39 Å². The number of hydrogen-bond acceptors (Lipinski definition) is 3. The number of rotatable bonds is 5. The second-order valence-electron chi connectivity index (χ2n) is 5.60. The molecule has 0 aromatic heterocycles. The van der Waals surface area contributed by atoms with Gasteiger partial charge in [-0.3, -0.25) is 4.79 Å². The molecule has 124 valence electrons. The Hall–Kier alpha value is -1.17. The van der Waals surface area contributed by atoms with Crippen molar-refractivity contribution in [1.29, 1.82) is 0 Å². The van der Waals surface area contributed by atoms with Gasteiger partial charge in [-0.2, -0.15) is 0 Å². The zero-order chi connectivity index (χ0) is 15.3. The van der Waals surface area contributed by atoms with Gasteiger partial charge < -0.3 is 15.4 Å². The Morgan fingerprint density at radius 1 is 1.41 bits per heavy atom. The van der Waals surface area contributed by atoms with Crippen LogP contribution in [-0.4, -0.2) is 38.8 Å². The molecule has 22 heavy (non-hydrogen) atoms. The molecule has 1 aliphatic heterocycles. The molecular weight excluding hydrogens is 307 g/mol. The average molecular weight is 331 g/mol. The van der Waals surface area contributed by atoms with E-state index in [1.165, 1.54) is 12.1 Å². The number of likely N-dealkylation sites (N-methyl/N-ethyl adjacent to an activating group) is 1. The fourth-order valence-corrected chi connectivity index (χ4v) is 2.67. The Balaban J connectivity index is 0.00000242. The van der Waals surface area contributed by atoms with E-state index in [4.69, 9.17) is 4.74 Å². The number of ether oxygens (including phenoxy) is 1. The van der Waals surface area contributed by atoms with Crippen molar-refractivity contribution < 1.29 is 13.9 Å². The van der Waals surface area contributed by atoms with E-state index in [0.717, 1.165) is 5.56 Å². The number of hydrogen-bond donors (Lipinski definition) is 2. The summed E-state index contributed by atoms with van der Waals surface area (Å²) in [5.41, 5.74) is 0.0498. The van der Waals surface area contributed by atoms with Gasteiger partial charge in [-0.15, -0.1) is 12.4 Å². The van der Waals surface area contributed by atoms with Crippen LogP contribution in [0.15, 0.2) is 24.3 Å². The first kappa shape index (κ1) is 18.9. The third-order valence-electron chi connectivity index (χ3n) is 4.22. The summed E-state index contributed by atoms with van der Waals surface area (Å²) in [7, 11) is 1.85. The summed E-state index contributed by atoms with van der Waals surface area (Å²) in [6.45, 7) is 3.59. The van der Waals surface area contributed by atoms with Crippen LogP contribution in [0.2, 0.25) is 0 Å². The lowest BCUT2D eigenvalue weighted by Crippen LogP contribution is -2.50. The van der Waals surface area contributed by atoms with E-state index in [0.29, 0.717) is 32.6 Å². The Labute approximate surface area is 137 Å². The molecule has 2 rings (SSSR count). The standard InChI is InChI=1S/C16H23FN2O2.ClH/c1-12(18-2)11-19-15(20)16(6-8-21-9-7-16)13-4-3-5-14(17)10-13;/h3-5,10,12,18H,6-9,11H2,1-2H3,(H,19,20);1H. The highest BCUT2D eigenvalue weighted by Crippen LogP contribution is 2.35. The fraction of sp³-hybridized carbons (Fsp3) is 0.562. The average Bonchev–Trinajstić information content (AvgIpc) is 2.52. The Morgan fingerprint density at radius 3 is 2.68 bits per heavy atom. The largest absolute Gasteiger partial charge is 0.381 e. The number of carbonyl (C=O) groups excluding carboxylic acids is 1. The number of benzene rings is 1. The van der Waals surface area contributed by atoms with Gasteiger partial charge in [0.2, 0.25) is 5.91 Å². The van der Waals surface area contributed by atoms with Crippen molar-refractivity contribution in [3.63, 3.8) is 0 Å². The normalized spacial score (nSPS) is 18.1. The zero-order valence-electron chi connectivity index (χ0n) is 13.0. The highest BCUT2D eigenvalue weighted by atomic mass is 35.5. The Morgan fingerprint density at radius 2 is 2.09 bits per heavy atom. The lowest BCUT2D eigenvalue weighted by atomic mass is 9.73. The SMILES string of the molecule is CNC(C)CNC(=O)C1(c2cccc(F)c2)CCOCC1.Cl. The van der Waals surface area contributed by atoms with Crippen molar-refractivity contribution in [2.24, 2.45) is 0 Å². The molecule has 1 saturated heterocycles. The van der Waals surface area contributed by atoms with Crippen LogP contribution >= 0.6 is 12.4 Å². The third kappa shape index (κ3) is 4.18. The maximum atomic E-state index is 13.6. The van der Waals surface area contributed by atoms with Gasteiger partial charge in [-0.1, -0.05) is 12.1 Å². The van der Waals surface area contributed by atoms with Crippen LogP contribution in [0.1, 0.15) is 25.3 Å². The monoisotopic (exact) mass is 330 g/mol. The van der Waals surface area contributed by atoms with E-state index in [9.17, 15) is 9.18 Å². The Bertz CT molecular complexity index is 493. The predicted molar refractivity (Wildman–Crippen MR) is 86.9 cm³/mol. The highest BCUT2D eigenvalue weighted by Gasteiger charge is 2.41. The first-order chi connectivity index (χ1) is 10.1. The predicted octanol–water partition coefficient (Wildman–Crippen LogP) is 2.02. The molecule has 0 saturated carbocycles. The molecule has 4 nitrogen and oxygen atoms in total. The van der Waals surface area contributed by atoms with Crippen LogP contribution in [0.25, 0.3) is 0 Å². The van der Waals surface area contributed by atoms with Crippen molar-refractivity contribution in [3.05, 3.63) is 35.6 Å². The molecule has 1 amide bonds. The highest BCUT2D eigenvalue weighted by molar-refractivity contribution is 5.88. The minimum Gasteiger partial charge on any atom is -0.381 e. The molecule has 1 aromatic carbocycles. The molecule has 1 atom stereocenters. The second-order valence-corrected chi connectivity index (χ2v) is 5.60. The van der Waals surface area contributed by atoms with E-state index in [1.807, 2.05) is 20.0 Å². The summed E-state index contributed by atoms with van der Waals surface area (Å²) in [4.78, 5) is 12.7. The quantitative estimate of drug-likeness (QED) is 0.868. The molecule has 1 unspecified atom stereocenters. The smallest absolute Gasteiger partial charge is 0.230 e. The first-order valence-electron chi connectivity index (χ1n) is 7.38. The maximum Gasteiger partial charge on any atom is 0.230 e. The van der Waals surface area contributed by atoms with E-state index in [-0.39, 0.29) is 30.2 Å². The van der Waals surface area contributed by atoms with Gasteiger partial charge in [0.1, 0.15) is 5.82 Å². The van der Waals surface area contributed by atoms with Crippen molar-refractivity contribution in [2.75, 3.05) is 26.8 Å². The summed E-state index contributed by atoms with van der Waals surface area (Å²) in [6, 6.07) is 6.54. The van der Waals surface area contributed by atoms with Gasteiger partial charge in [0.25, 0.3) is 0 Å². The lowest BCUT2D eigenvalue weighted by Gasteiger charge is -2.36. The molecule has 0 radical (unpaired) electrons. The topological polar surface area (TPSA) is 50.4 Å². The molecule has 6 heteroatoms. The van der Waals surface area contributed by atoms with Gasteiger partial charge in [0.15, 0.2) is 0 Å². The number of carbonyl (C=O) groups is 1. The van der Waals surface area contributed by atoms with Crippen molar-refractivity contribution in [1.82, 2.24) is 10.6 Å². The van der Waals surface area contributed by atoms with E-state index in [1.54, 1.807) is 6.07 Å². The minimum absolute atomic E-state index is 0. The van der Waals surface area contributed by atoms with Crippen LogP contribution in [-0.2, 0) is 14.9 Å². The lowest BCUT2D eigenvalue weighted by molar-refractivity contribution is -0.130. The third-order valence-corrected chi connectivity index (χ3v) is 4.22. The molecular formula is C16H24ClFN2O2. The van der Waals surface area contributed by atoms with Gasteiger partial charge >= 0.3 is 0 Å². The van der Waals surface area contributed by atoms with Crippen molar-refractivity contribution in [2.45, 2.75) is 31.2 Å². The molecule has 0 spiro atoms. The van der Waals surface area contributed by atoms with Gasteiger partial charge in [0.05, 0.1) is 5.41 Å². The number of nitrogens with one attached hydrogen (secondary N) is 2. The maximum absolute atomic E-state index is 13.6. The first-order valence-corrected chi connectivity index (χ1v) is 7.38. The molecule has 1 aromatic rings. The van der Waals surface area contributed by atoms with Crippen LogP contribution < -0.4 is 10.6 Å². The van der Waals surface area contributed by atoms with E-state index in [2.05, 4.69) is 10.6 Å². The van der Waals surface area contributed by atoms with Crippen LogP contribution in [0.4, 0.5) is 4.39 Å². The molecule has 2 N–H and O–H groups in total. The molecule has 1 heterocycles. The fourth-order valence-electron chi connectivity index (χ4n) is 2.67. The van der Waals surface area contributed by atoms with Crippen LogP contribution in [0.5, 0.6) is 0 Å². The summed E-state index contributed by atoms with van der Waals surface area (Å²) in [5, 5.41) is 6.07. The molecule has 1 aliphatic rings. The van der Waals surface area contributed by atoms with Crippen molar-refractivity contribution >= 4 is 18.3 Å². The van der Waals surface area contributed by atoms with Crippen molar-refractivity contribution in [3.8, 4) is 0 Å². The number of halogens is 2. The van der Waals surface area contributed by atoms with E-state index < -0.39 is 5.41 Å².